The van der Waals surface area contributed by atoms with Gasteiger partial charge in [0.1, 0.15) is 5.82 Å². The van der Waals surface area contributed by atoms with Crippen molar-refractivity contribution >= 4 is 17.7 Å². The van der Waals surface area contributed by atoms with Gasteiger partial charge in [-0.05, 0) is 28.8 Å². The maximum Gasteiger partial charge on any atom is 0.312 e. The number of aryl methyl sites for hydroxylation is 1. The van der Waals surface area contributed by atoms with Crippen molar-refractivity contribution < 1.29 is 13.9 Å². The SMILES string of the molecule is Cn1cc(Cn2nc(CC(=O)OC(c3ccccc3)c3ccccc3)c(SCc3ccc(F)cc3)cc2=O)cn1. The second kappa shape index (κ2) is 12.6. The Balaban J connectivity index is 1.42. The molecule has 0 aliphatic rings. The van der Waals surface area contributed by atoms with Crippen LogP contribution in [0, 0.1) is 5.82 Å². The van der Waals surface area contributed by atoms with E-state index in [2.05, 4.69) is 10.2 Å². The highest BCUT2D eigenvalue weighted by Gasteiger charge is 2.21. The van der Waals surface area contributed by atoms with Crippen molar-refractivity contribution in [3.05, 3.63) is 148 Å². The molecule has 5 aromatic rings. The summed E-state index contributed by atoms with van der Waals surface area (Å²) in [6.07, 6.45) is 2.76. The zero-order valence-electron chi connectivity index (χ0n) is 21.8. The van der Waals surface area contributed by atoms with E-state index in [9.17, 15) is 14.0 Å². The van der Waals surface area contributed by atoms with E-state index in [1.165, 1.54) is 34.6 Å². The second-order valence-electron chi connectivity index (χ2n) is 9.26. The Hall–Kier alpha value is -4.50. The summed E-state index contributed by atoms with van der Waals surface area (Å²) in [5.41, 5.74) is 3.53. The molecular formula is C31H27FN4O3S. The molecule has 2 aromatic heterocycles. The van der Waals surface area contributed by atoms with Gasteiger partial charge >= 0.3 is 5.97 Å². The van der Waals surface area contributed by atoms with Gasteiger partial charge in [0.05, 0.1) is 24.9 Å². The molecule has 202 valence electrons. The fourth-order valence-electron chi connectivity index (χ4n) is 4.24. The third-order valence-electron chi connectivity index (χ3n) is 6.20. The molecule has 0 aliphatic carbocycles. The number of aromatic nitrogens is 4. The van der Waals surface area contributed by atoms with E-state index in [1.54, 1.807) is 30.1 Å². The van der Waals surface area contributed by atoms with Crippen LogP contribution in [0.4, 0.5) is 4.39 Å². The van der Waals surface area contributed by atoms with Crippen molar-refractivity contribution in [2.75, 3.05) is 0 Å². The van der Waals surface area contributed by atoms with Crippen LogP contribution in [0.2, 0.25) is 0 Å². The lowest BCUT2D eigenvalue weighted by Crippen LogP contribution is -2.26. The molecule has 0 unspecified atom stereocenters. The number of ether oxygens (including phenoxy) is 1. The molecule has 0 amide bonds. The Bertz CT molecular complexity index is 1600. The monoisotopic (exact) mass is 554 g/mol. The number of carbonyl (C=O) groups is 1. The normalized spacial score (nSPS) is 11.1. The summed E-state index contributed by atoms with van der Waals surface area (Å²) in [7, 11) is 1.80. The molecule has 0 saturated carbocycles. The lowest BCUT2D eigenvalue weighted by molar-refractivity contribution is -0.146. The van der Waals surface area contributed by atoms with Gasteiger partial charge in [0.15, 0.2) is 6.10 Å². The Morgan fingerprint density at radius 1 is 0.950 bits per heavy atom. The van der Waals surface area contributed by atoms with Gasteiger partial charge in [0, 0.05) is 35.5 Å². The Labute approximate surface area is 235 Å². The van der Waals surface area contributed by atoms with Gasteiger partial charge in [-0.2, -0.15) is 10.2 Å². The third-order valence-corrected chi connectivity index (χ3v) is 7.34. The fraction of sp³-hybridized carbons (Fsp3) is 0.161. The summed E-state index contributed by atoms with van der Waals surface area (Å²) in [5, 5.41) is 8.74. The number of rotatable bonds is 10. The number of hydrogen-bond acceptors (Lipinski definition) is 6. The topological polar surface area (TPSA) is 79.0 Å². The van der Waals surface area contributed by atoms with Crippen LogP contribution in [-0.4, -0.2) is 25.5 Å². The largest absolute Gasteiger partial charge is 0.452 e. The van der Waals surface area contributed by atoms with Crippen LogP contribution in [0.25, 0.3) is 0 Å². The highest BCUT2D eigenvalue weighted by Crippen LogP contribution is 2.28. The second-order valence-corrected chi connectivity index (χ2v) is 10.3. The summed E-state index contributed by atoms with van der Waals surface area (Å²) in [6.45, 7) is 0.217. The number of hydrogen-bond donors (Lipinski definition) is 0. The molecule has 0 N–H and O–H groups in total. The standard InChI is InChI=1S/C31H27FN4O3S/c1-35-19-23(18-33-35)20-36-29(37)17-28(40-21-22-12-14-26(32)15-13-22)27(34-36)16-30(38)39-31(24-8-4-2-5-9-24)25-10-6-3-7-11-25/h2-15,17-19,31H,16,20-21H2,1H3. The first kappa shape index (κ1) is 27.1. The van der Waals surface area contributed by atoms with Gasteiger partial charge < -0.3 is 4.74 Å². The minimum absolute atomic E-state index is 0.130. The third kappa shape index (κ3) is 6.92. The Morgan fingerprint density at radius 2 is 1.60 bits per heavy atom. The number of carbonyl (C=O) groups excluding carboxylic acids is 1. The Kier molecular flexibility index (Phi) is 8.51. The number of thioether (sulfide) groups is 1. The molecule has 40 heavy (non-hydrogen) atoms. The van der Waals surface area contributed by atoms with Crippen molar-refractivity contribution in [2.45, 2.75) is 29.7 Å². The molecule has 0 fully saturated rings. The van der Waals surface area contributed by atoms with E-state index in [1.807, 2.05) is 66.9 Å². The van der Waals surface area contributed by atoms with Crippen LogP contribution >= 0.6 is 11.8 Å². The molecule has 9 heteroatoms. The van der Waals surface area contributed by atoms with Crippen molar-refractivity contribution in [3.63, 3.8) is 0 Å². The molecule has 7 nitrogen and oxygen atoms in total. The maximum absolute atomic E-state index is 13.4. The van der Waals surface area contributed by atoms with Crippen molar-refractivity contribution in [1.29, 1.82) is 0 Å². The van der Waals surface area contributed by atoms with Crippen LogP contribution < -0.4 is 5.56 Å². The van der Waals surface area contributed by atoms with E-state index < -0.39 is 12.1 Å². The summed E-state index contributed by atoms with van der Waals surface area (Å²) < 4.78 is 22.4. The maximum atomic E-state index is 13.4. The fourth-order valence-corrected chi connectivity index (χ4v) is 5.22. The van der Waals surface area contributed by atoms with Crippen LogP contribution in [-0.2, 0) is 35.3 Å². The minimum atomic E-state index is -0.591. The molecule has 0 saturated heterocycles. The van der Waals surface area contributed by atoms with E-state index in [-0.39, 0.29) is 24.3 Å². The minimum Gasteiger partial charge on any atom is -0.452 e. The van der Waals surface area contributed by atoms with Gasteiger partial charge in [-0.15, -0.1) is 11.8 Å². The quantitative estimate of drug-likeness (QED) is 0.172. The zero-order chi connectivity index (χ0) is 27.9. The lowest BCUT2D eigenvalue weighted by atomic mass is 10.0. The van der Waals surface area contributed by atoms with Crippen molar-refractivity contribution in [2.24, 2.45) is 7.05 Å². The number of halogens is 1. The number of nitrogens with zero attached hydrogens (tertiary/aromatic N) is 4. The predicted molar refractivity (Wildman–Crippen MR) is 151 cm³/mol. The molecule has 3 aromatic carbocycles. The van der Waals surface area contributed by atoms with Crippen LogP contribution in [0.3, 0.4) is 0 Å². The predicted octanol–water partition coefficient (Wildman–Crippen LogP) is 5.33. The highest BCUT2D eigenvalue weighted by molar-refractivity contribution is 7.98. The van der Waals surface area contributed by atoms with Crippen LogP contribution in [0.5, 0.6) is 0 Å². The molecule has 2 heterocycles. The molecule has 0 atom stereocenters. The smallest absolute Gasteiger partial charge is 0.312 e. The van der Waals surface area contributed by atoms with Gasteiger partial charge in [-0.3, -0.25) is 14.3 Å². The first-order valence-corrected chi connectivity index (χ1v) is 13.7. The van der Waals surface area contributed by atoms with Crippen LogP contribution in [0.1, 0.15) is 34.1 Å². The average molecular weight is 555 g/mol. The summed E-state index contributed by atoms with van der Waals surface area (Å²) in [4.78, 5) is 26.9. The van der Waals surface area contributed by atoms with Crippen molar-refractivity contribution in [1.82, 2.24) is 19.6 Å². The first-order chi connectivity index (χ1) is 19.4. The van der Waals surface area contributed by atoms with Crippen LogP contribution in [0.15, 0.2) is 113 Å². The Morgan fingerprint density at radius 3 is 2.20 bits per heavy atom. The van der Waals surface area contributed by atoms with Gasteiger partial charge in [-0.1, -0.05) is 72.8 Å². The van der Waals surface area contributed by atoms with E-state index in [0.29, 0.717) is 16.3 Å². The summed E-state index contributed by atoms with van der Waals surface area (Å²) in [6, 6.07) is 26.8. The number of benzene rings is 3. The highest BCUT2D eigenvalue weighted by atomic mass is 32.2. The molecule has 0 aliphatic heterocycles. The molecule has 5 rings (SSSR count). The van der Waals surface area contributed by atoms with Gasteiger partial charge in [-0.25, -0.2) is 9.07 Å². The van der Waals surface area contributed by atoms with E-state index in [0.717, 1.165) is 22.3 Å². The van der Waals surface area contributed by atoms with E-state index in [4.69, 9.17) is 4.74 Å². The zero-order valence-corrected chi connectivity index (χ0v) is 22.6. The lowest BCUT2D eigenvalue weighted by Gasteiger charge is -2.19. The van der Waals surface area contributed by atoms with E-state index >= 15 is 0 Å². The molecule has 0 bridgehead atoms. The average Bonchev–Trinajstić information content (AvgIpc) is 3.38. The van der Waals surface area contributed by atoms with Gasteiger partial charge in [0.2, 0.25) is 0 Å². The number of esters is 1. The first-order valence-electron chi connectivity index (χ1n) is 12.7. The molecular weight excluding hydrogens is 527 g/mol. The summed E-state index contributed by atoms with van der Waals surface area (Å²) >= 11 is 1.37. The van der Waals surface area contributed by atoms with Crippen molar-refractivity contribution in [3.8, 4) is 0 Å². The molecule has 0 radical (unpaired) electrons. The molecule has 0 spiro atoms. The van der Waals surface area contributed by atoms with Gasteiger partial charge in [0.25, 0.3) is 5.56 Å². The summed E-state index contributed by atoms with van der Waals surface area (Å²) in [5.74, 6) is -0.309.